The van der Waals surface area contributed by atoms with Gasteiger partial charge < -0.3 is 19.5 Å². The minimum atomic E-state index is -0.600. The Balaban J connectivity index is 0.00000176. The van der Waals surface area contributed by atoms with Crippen LogP contribution in [0.3, 0.4) is 0 Å². The molecule has 10 nitrogen and oxygen atoms in total. The number of anilines is 1. The van der Waals surface area contributed by atoms with Gasteiger partial charge in [0.15, 0.2) is 0 Å². The molecule has 0 unspecified atom stereocenters. The Morgan fingerprint density at radius 3 is 2.64 bits per heavy atom. The summed E-state index contributed by atoms with van der Waals surface area (Å²) in [4.78, 5) is 35.1. The molecule has 0 atom stereocenters. The largest absolute Gasteiger partial charge is 0.444 e. The Morgan fingerprint density at radius 1 is 1.17 bits per heavy atom. The van der Waals surface area contributed by atoms with E-state index in [4.69, 9.17) is 9.26 Å². The summed E-state index contributed by atoms with van der Waals surface area (Å²) >= 11 is 0. The topological polar surface area (TPSA) is 115 Å². The van der Waals surface area contributed by atoms with E-state index in [-0.39, 0.29) is 18.3 Å². The number of hydrogen-bond acceptors (Lipinski definition) is 7. The molecule has 10 heteroatoms. The quantitative estimate of drug-likeness (QED) is 0.400. The zero-order valence-corrected chi connectivity index (χ0v) is 21.7. The first-order valence-electron chi connectivity index (χ1n) is 11.7. The summed E-state index contributed by atoms with van der Waals surface area (Å²) in [6.45, 7) is 11.4. The maximum atomic E-state index is 12.9. The summed E-state index contributed by atoms with van der Waals surface area (Å²) < 4.78 is 12.4. The molecule has 1 N–H and O–H groups in total. The van der Waals surface area contributed by atoms with Crippen molar-refractivity contribution < 1.29 is 18.8 Å². The first-order chi connectivity index (χ1) is 17.1. The van der Waals surface area contributed by atoms with E-state index in [1.165, 1.54) is 11.1 Å². The average molecular weight is 493 g/mol. The molecular weight excluding hydrogens is 460 g/mol. The fourth-order valence-electron chi connectivity index (χ4n) is 3.23. The molecule has 190 valence electrons. The predicted octanol–water partition coefficient (Wildman–Crippen LogP) is 5.34. The van der Waals surface area contributed by atoms with E-state index >= 15 is 0 Å². The van der Waals surface area contributed by atoms with Crippen LogP contribution in [-0.4, -0.2) is 49.1 Å². The lowest BCUT2D eigenvalue weighted by molar-refractivity contribution is 0.0268. The molecule has 3 heterocycles. The zero-order valence-electron chi connectivity index (χ0n) is 21.7. The second-order valence-electron chi connectivity index (χ2n) is 8.90. The normalized spacial score (nSPS) is 11.0. The Labute approximate surface area is 210 Å². The molecule has 0 radical (unpaired) electrons. The van der Waals surface area contributed by atoms with Gasteiger partial charge in [-0.25, -0.2) is 9.78 Å². The van der Waals surface area contributed by atoms with E-state index in [1.807, 2.05) is 51.1 Å². The van der Waals surface area contributed by atoms with Crippen LogP contribution in [0.4, 0.5) is 10.5 Å². The fraction of sp³-hybridized carbons (Fsp3) is 0.346. The number of nitrogens with zero attached hydrogens (tertiary/aromatic N) is 5. The molecule has 0 aliphatic carbocycles. The lowest BCUT2D eigenvalue weighted by atomic mass is 10.1. The molecule has 0 saturated heterocycles. The number of aromatic nitrogens is 4. The summed E-state index contributed by atoms with van der Waals surface area (Å²) in [6, 6.07) is 11.0. The molecule has 0 aliphatic heterocycles. The molecule has 4 aromatic rings. The van der Waals surface area contributed by atoms with E-state index in [9.17, 15) is 9.59 Å². The number of amides is 2. The summed E-state index contributed by atoms with van der Waals surface area (Å²) in [5.41, 5.74) is 2.66. The Morgan fingerprint density at radius 2 is 1.92 bits per heavy atom. The van der Waals surface area contributed by atoms with Crippen molar-refractivity contribution in [3.63, 3.8) is 0 Å². The molecule has 0 saturated carbocycles. The standard InChI is InChI=1S/C24H26N6O4.C2H6/c1-15-9-10-16(21-27-20(34-28-21)14-29(5)23(32)33-24(2,3)4)12-17(15)26-22(31)18-13-25-19-8-6-7-11-30(18)19;1-2/h6-13H,14H2,1-5H3,(H,26,31);1-2H3. The second-order valence-corrected chi connectivity index (χ2v) is 8.90. The summed E-state index contributed by atoms with van der Waals surface area (Å²) in [6.07, 6.45) is 2.84. The average Bonchev–Trinajstić information content (AvgIpc) is 3.48. The van der Waals surface area contributed by atoms with Gasteiger partial charge in [-0.1, -0.05) is 37.2 Å². The molecule has 0 spiro atoms. The Kier molecular flexibility index (Phi) is 8.08. The van der Waals surface area contributed by atoms with Gasteiger partial charge in [0.2, 0.25) is 11.7 Å². The monoisotopic (exact) mass is 492 g/mol. The maximum absolute atomic E-state index is 12.9. The van der Waals surface area contributed by atoms with E-state index in [0.717, 1.165) is 5.56 Å². The molecule has 1 aromatic carbocycles. The number of carbonyl (C=O) groups is 2. The highest BCUT2D eigenvalue weighted by Crippen LogP contribution is 2.24. The van der Waals surface area contributed by atoms with Gasteiger partial charge in [-0.15, -0.1) is 0 Å². The Hall–Kier alpha value is -4.21. The number of carbonyl (C=O) groups excluding carboxylic acids is 2. The number of aryl methyl sites for hydroxylation is 1. The van der Waals surface area contributed by atoms with Crippen molar-refractivity contribution in [2.75, 3.05) is 12.4 Å². The molecule has 4 rings (SSSR count). The maximum Gasteiger partial charge on any atom is 0.410 e. The van der Waals surface area contributed by atoms with Crippen molar-refractivity contribution in [2.45, 2.75) is 53.7 Å². The second kappa shape index (κ2) is 11.0. The van der Waals surface area contributed by atoms with Crippen LogP contribution >= 0.6 is 0 Å². The van der Waals surface area contributed by atoms with E-state index in [1.54, 1.807) is 44.5 Å². The number of fused-ring (bicyclic) bond motifs is 1. The number of hydrogen-bond donors (Lipinski definition) is 1. The third-order valence-corrected chi connectivity index (χ3v) is 4.94. The number of ether oxygens (including phenoxy) is 1. The van der Waals surface area contributed by atoms with Crippen LogP contribution in [0.1, 0.15) is 56.6 Å². The molecule has 0 bridgehead atoms. The molecule has 3 aromatic heterocycles. The summed E-state index contributed by atoms with van der Waals surface area (Å²) in [5.74, 6) is 0.324. The van der Waals surface area contributed by atoms with Crippen molar-refractivity contribution >= 4 is 23.3 Å². The van der Waals surface area contributed by atoms with Crippen LogP contribution < -0.4 is 5.32 Å². The van der Waals surface area contributed by atoms with Crippen LogP contribution in [0.15, 0.2) is 53.3 Å². The molecule has 36 heavy (non-hydrogen) atoms. The van der Waals surface area contributed by atoms with Crippen molar-refractivity contribution in [1.82, 2.24) is 24.4 Å². The smallest absolute Gasteiger partial charge is 0.410 e. The fourth-order valence-corrected chi connectivity index (χ4v) is 3.23. The lowest BCUT2D eigenvalue weighted by Gasteiger charge is -2.23. The van der Waals surface area contributed by atoms with E-state index in [0.29, 0.717) is 28.4 Å². The Bertz CT molecular complexity index is 1350. The number of nitrogens with one attached hydrogen (secondary N) is 1. The number of rotatable bonds is 5. The van der Waals surface area contributed by atoms with Crippen molar-refractivity contribution in [3.8, 4) is 11.4 Å². The van der Waals surface area contributed by atoms with Crippen LogP contribution in [0.25, 0.3) is 17.0 Å². The lowest BCUT2D eigenvalue weighted by Crippen LogP contribution is -2.33. The third kappa shape index (κ3) is 6.26. The highest BCUT2D eigenvalue weighted by Gasteiger charge is 2.22. The van der Waals surface area contributed by atoms with Gasteiger partial charge in [-0.05, 0) is 51.5 Å². The molecule has 2 amide bonds. The minimum Gasteiger partial charge on any atom is -0.444 e. The van der Waals surface area contributed by atoms with Crippen molar-refractivity contribution in [2.24, 2.45) is 0 Å². The highest BCUT2D eigenvalue weighted by molar-refractivity contribution is 6.04. The number of imidazole rings is 1. The van der Waals surface area contributed by atoms with Crippen molar-refractivity contribution in [1.29, 1.82) is 0 Å². The molecule has 0 fully saturated rings. The van der Waals surface area contributed by atoms with Crippen LogP contribution in [0.2, 0.25) is 0 Å². The van der Waals surface area contributed by atoms with E-state index < -0.39 is 11.7 Å². The van der Waals surface area contributed by atoms with Crippen LogP contribution in [-0.2, 0) is 11.3 Å². The van der Waals surface area contributed by atoms with Gasteiger partial charge >= 0.3 is 6.09 Å². The molecule has 0 aliphatic rings. The summed E-state index contributed by atoms with van der Waals surface area (Å²) in [7, 11) is 1.59. The SMILES string of the molecule is CC.Cc1ccc(-c2noc(CN(C)C(=O)OC(C)(C)C)n2)cc1NC(=O)c1cnc2ccccn12. The number of pyridine rings is 1. The van der Waals surface area contributed by atoms with Gasteiger partial charge in [0.1, 0.15) is 23.5 Å². The highest BCUT2D eigenvalue weighted by atomic mass is 16.6. The van der Waals surface area contributed by atoms with Gasteiger partial charge in [0.05, 0.1) is 6.20 Å². The summed E-state index contributed by atoms with van der Waals surface area (Å²) in [5, 5.41) is 6.96. The predicted molar refractivity (Wildman–Crippen MR) is 137 cm³/mol. The van der Waals surface area contributed by atoms with Crippen LogP contribution in [0, 0.1) is 6.92 Å². The minimum absolute atomic E-state index is 0.103. The van der Waals surface area contributed by atoms with Gasteiger partial charge in [-0.2, -0.15) is 4.98 Å². The number of benzene rings is 1. The van der Waals surface area contributed by atoms with Crippen molar-refractivity contribution in [3.05, 3.63) is 65.9 Å². The zero-order chi connectivity index (χ0) is 26.5. The molecular formula is C26H32N6O4. The van der Waals surface area contributed by atoms with Gasteiger partial charge in [-0.3, -0.25) is 9.20 Å². The van der Waals surface area contributed by atoms with Gasteiger partial charge in [0, 0.05) is 24.5 Å². The first kappa shape index (κ1) is 26.4. The van der Waals surface area contributed by atoms with Gasteiger partial charge in [0.25, 0.3) is 5.91 Å². The first-order valence-corrected chi connectivity index (χ1v) is 11.7. The van der Waals surface area contributed by atoms with Crippen LogP contribution in [0.5, 0.6) is 0 Å². The third-order valence-electron chi connectivity index (χ3n) is 4.94. The van der Waals surface area contributed by atoms with E-state index in [2.05, 4.69) is 20.4 Å².